The van der Waals surface area contributed by atoms with Crippen molar-refractivity contribution in [2.24, 2.45) is 4.40 Å². The van der Waals surface area contributed by atoms with E-state index in [1.807, 2.05) is 39.0 Å². The van der Waals surface area contributed by atoms with E-state index in [0.717, 1.165) is 15.6 Å². The monoisotopic (exact) mass is 293 g/mol. The van der Waals surface area contributed by atoms with Gasteiger partial charge in [-0.1, -0.05) is 10.5 Å². The number of rotatable bonds is 3. The minimum atomic E-state index is -1.24. The highest BCUT2D eigenvalue weighted by molar-refractivity contribution is 7.91. The summed E-state index contributed by atoms with van der Waals surface area (Å²) in [4.78, 5) is 9.41. The molecule has 0 saturated carbocycles. The minimum Gasteiger partial charge on any atom is -0.591 e. The summed E-state index contributed by atoms with van der Waals surface area (Å²) >= 11 is 0.241. The first kappa shape index (κ1) is 14.2. The number of pyridine rings is 1. The Labute approximate surface area is 120 Å². The highest BCUT2D eigenvalue weighted by Crippen LogP contribution is 2.23. The maximum atomic E-state index is 11.8. The summed E-state index contributed by atoms with van der Waals surface area (Å²) in [6.45, 7) is 5.69. The summed E-state index contributed by atoms with van der Waals surface area (Å²) in [5.74, 6) is 0. The molecule has 0 radical (unpaired) electrons. The van der Waals surface area contributed by atoms with Crippen LogP contribution < -0.4 is 0 Å². The third-order valence-electron chi connectivity index (χ3n) is 2.21. The van der Waals surface area contributed by atoms with E-state index in [2.05, 4.69) is 14.4 Å². The molecule has 0 bridgehead atoms. The van der Waals surface area contributed by atoms with Gasteiger partial charge in [0.05, 0.1) is 16.8 Å². The summed E-state index contributed by atoms with van der Waals surface area (Å²) < 4.78 is 15.5. The van der Waals surface area contributed by atoms with Crippen molar-refractivity contribution in [2.45, 2.75) is 25.5 Å². The molecule has 2 heterocycles. The summed E-state index contributed by atoms with van der Waals surface area (Å²) in [5.41, 5.74) is 0.837. The van der Waals surface area contributed by atoms with E-state index in [1.54, 1.807) is 18.6 Å². The molecule has 0 spiro atoms. The van der Waals surface area contributed by atoms with E-state index in [4.69, 9.17) is 0 Å². The van der Waals surface area contributed by atoms with Crippen molar-refractivity contribution < 1.29 is 4.55 Å². The molecule has 6 heteroatoms. The quantitative estimate of drug-likeness (QED) is 0.645. The predicted molar refractivity (Wildman–Crippen MR) is 80.8 cm³/mol. The van der Waals surface area contributed by atoms with Gasteiger partial charge in [-0.15, -0.1) is 11.3 Å². The maximum absolute atomic E-state index is 11.8. The van der Waals surface area contributed by atoms with Gasteiger partial charge in [0.2, 0.25) is 0 Å². The average Bonchev–Trinajstić information content (AvgIpc) is 2.84. The lowest BCUT2D eigenvalue weighted by atomic mass is 10.3. The van der Waals surface area contributed by atoms with Gasteiger partial charge < -0.3 is 4.55 Å². The van der Waals surface area contributed by atoms with Crippen molar-refractivity contribution in [3.63, 3.8) is 0 Å². The Morgan fingerprint density at radius 2 is 2.11 bits per heavy atom. The third-order valence-corrected chi connectivity index (χ3v) is 4.51. The van der Waals surface area contributed by atoms with E-state index in [9.17, 15) is 4.55 Å². The molecule has 0 fully saturated rings. The lowest BCUT2D eigenvalue weighted by Crippen LogP contribution is -2.25. The van der Waals surface area contributed by atoms with Crippen molar-refractivity contribution in [2.75, 3.05) is 0 Å². The molecule has 0 N–H and O–H groups in total. The molecule has 0 aliphatic rings. The molecule has 4 nitrogen and oxygen atoms in total. The fraction of sp³-hybridized carbons (Fsp3) is 0.308. The molecule has 0 amide bonds. The molecule has 0 saturated heterocycles. The van der Waals surface area contributed by atoms with Crippen molar-refractivity contribution in [1.82, 2.24) is 9.97 Å². The van der Waals surface area contributed by atoms with E-state index in [-0.39, 0.29) is 4.75 Å². The van der Waals surface area contributed by atoms with E-state index < -0.39 is 11.4 Å². The van der Waals surface area contributed by atoms with Crippen LogP contribution in [-0.4, -0.2) is 25.5 Å². The molecule has 0 unspecified atom stereocenters. The van der Waals surface area contributed by atoms with Gasteiger partial charge in [0.15, 0.2) is 0 Å². The van der Waals surface area contributed by atoms with Crippen molar-refractivity contribution in [3.8, 4) is 10.7 Å². The van der Waals surface area contributed by atoms with Gasteiger partial charge in [0, 0.05) is 12.4 Å². The number of hydrogen-bond donors (Lipinski definition) is 0. The molecular formula is C13H15N3OS2. The van der Waals surface area contributed by atoms with Crippen LogP contribution in [0, 0.1) is 0 Å². The molecule has 0 aromatic carbocycles. The van der Waals surface area contributed by atoms with Gasteiger partial charge in [-0.25, -0.2) is 4.98 Å². The van der Waals surface area contributed by atoms with Gasteiger partial charge in [0.1, 0.15) is 21.1 Å². The first-order valence-corrected chi connectivity index (χ1v) is 7.72. The Balaban J connectivity index is 2.12. The topological polar surface area (TPSA) is 61.2 Å². The molecular weight excluding hydrogens is 278 g/mol. The third kappa shape index (κ3) is 3.86. The Morgan fingerprint density at radius 1 is 1.32 bits per heavy atom. The number of thiazole rings is 1. The van der Waals surface area contributed by atoms with Crippen molar-refractivity contribution in [1.29, 1.82) is 0 Å². The van der Waals surface area contributed by atoms with Crippen LogP contribution >= 0.6 is 11.3 Å². The minimum absolute atomic E-state index is 0.342. The molecule has 2 aromatic rings. The Morgan fingerprint density at radius 3 is 2.74 bits per heavy atom. The van der Waals surface area contributed by atoms with Gasteiger partial charge in [0.25, 0.3) is 0 Å². The summed E-state index contributed by atoms with van der Waals surface area (Å²) in [7, 11) is 0. The average molecular weight is 293 g/mol. The van der Waals surface area contributed by atoms with E-state index in [0.29, 0.717) is 0 Å². The molecule has 0 aliphatic carbocycles. The standard InChI is InChI=1S/C13H15N3OS2/c1-13(2,3)19(17)16-9-10-8-15-12(18-10)11-6-4-5-7-14-11/h4-9H,1-3H3/b16-9+/t19-/m1/s1. The normalized spacial score (nSPS) is 13.9. The smallest absolute Gasteiger partial charge is 0.144 e. The van der Waals surface area contributed by atoms with Crippen LogP contribution in [0.4, 0.5) is 0 Å². The van der Waals surface area contributed by atoms with Crippen LogP contribution in [0.3, 0.4) is 0 Å². The van der Waals surface area contributed by atoms with Gasteiger partial charge >= 0.3 is 0 Å². The highest BCUT2D eigenvalue weighted by atomic mass is 32.2. The zero-order valence-electron chi connectivity index (χ0n) is 11.0. The Bertz CT molecular complexity index is 561. The summed E-state index contributed by atoms with van der Waals surface area (Å²) in [6.07, 6.45) is 5.07. The van der Waals surface area contributed by atoms with Crippen molar-refractivity contribution >= 4 is 28.9 Å². The molecule has 100 valence electrons. The zero-order valence-corrected chi connectivity index (χ0v) is 12.7. The summed E-state index contributed by atoms with van der Waals surface area (Å²) in [6, 6.07) is 5.70. The van der Waals surface area contributed by atoms with E-state index in [1.165, 1.54) is 11.3 Å². The molecule has 1 atom stereocenters. The number of aromatic nitrogens is 2. The molecule has 19 heavy (non-hydrogen) atoms. The fourth-order valence-electron chi connectivity index (χ4n) is 1.21. The second-order valence-electron chi connectivity index (χ2n) is 4.88. The van der Waals surface area contributed by atoms with Gasteiger partial charge in [-0.05, 0) is 32.9 Å². The van der Waals surface area contributed by atoms with Crippen LogP contribution in [0.25, 0.3) is 10.7 Å². The van der Waals surface area contributed by atoms with E-state index >= 15 is 0 Å². The number of hydrogen-bond acceptors (Lipinski definition) is 5. The Hall–Kier alpha value is -1.24. The van der Waals surface area contributed by atoms with Crippen LogP contribution in [0.2, 0.25) is 0 Å². The van der Waals surface area contributed by atoms with Crippen LogP contribution in [0.15, 0.2) is 35.0 Å². The first-order valence-electron chi connectivity index (χ1n) is 5.80. The molecule has 2 rings (SSSR count). The Kier molecular flexibility index (Phi) is 4.34. The largest absolute Gasteiger partial charge is 0.591 e. The fourth-order valence-corrected chi connectivity index (χ4v) is 2.57. The van der Waals surface area contributed by atoms with Crippen LogP contribution in [-0.2, 0) is 11.4 Å². The maximum Gasteiger partial charge on any atom is 0.144 e. The van der Waals surface area contributed by atoms with Gasteiger partial charge in [-0.3, -0.25) is 4.98 Å². The highest BCUT2D eigenvalue weighted by Gasteiger charge is 2.25. The molecule has 0 aliphatic heterocycles. The van der Waals surface area contributed by atoms with Gasteiger partial charge in [-0.2, -0.15) is 0 Å². The molecule has 2 aromatic heterocycles. The second kappa shape index (κ2) is 5.81. The van der Waals surface area contributed by atoms with Crippen LogP contribution in [0.5, 0.6) is 0 Å². The lowest BCUT2D eigenvalue weighted by molar-refractivity contribution is 0.562. The predicted octanol–water partition coefficient (Wildman–Crippen LogP) is 3.09. The lowest BCUT2D eigenvalue weighted by Gasteiger charge is -2.17. The number of nitrogens with zero attached hydrogens (tertiary/aromatic N) is 3. The zero-order chi connectivity index (χ0) is 13.9. The van der Waals surface area contributed by atoms with Crippen molar-refractivity contribution in [3.05, 3.63) is 35.5 Å². The van der Waals surface area contributed by atoms with Crippen LogP contribution in [0.1, 0.15) is 25.6 Å². The summed E-state index contributed by atoms with van der Waals surface area (Å²) in [5, 5.41) is 0.837. The second-order valence-corrected chi connectivity index (χ2v) is 7.87. The first-order chi connectivity index (χ1) is 8.97. The SMILES string of the molecule is CC(C)(C)[S@@+]([O-])/N=C/c1cnc(-c2ccccn2)s1.